The molecule has 0 aromatic carbocycles. The number of nitrogens with one attached hydrogen (secondary N) is 2. The lowest BCUT2D eigenvalue weighted by Gasteiger charge is -2.17. The summed E-state index contributed by atoms with van der Waals surface area (Å²) >= 11 is 0. The predicted octanol–water partition coefficient (Wildman–Crippen LogP) is 0.860. The van der Waals surface area contributed by atoms with Gasteiger partial charge in [-0.2, -0.15) is 0 Å². The number of carbonyl (C=O) groups excluding carboxylic acids is 2. The molecule has 1 aromatic rings. The van der Waals surface area contributed by atoms with E-state index in [0.717, 1.165) is 5.56 Å². The van der Waals surface area contributed by atoms with Gasteiger partial charge in [0.25, 0.3) is 0 Å². The fourth-order valence-corrected chi connectivity index (χ4v) is 1.19. The Hall–Kier alpha value is -1.91. The number of aromatic nitrogens is 1. The van der Waals surface area contributed by atoms with Crippen LogP contribution in [0.1, 0.15) is 26.3 Å². The summed E-state index contributed by atoms with van der Waals surface area (Å²) in [6.45, 7) is 5.85. The Labute approximate surface area is 107 Å². The van der Waals surface area contributed by atoms with Gasteiger partial charge >= 0.3 is 0 Å². The summed E-state index contributed by atoms with van der Waals surface area (Å²) in [6.07, 6.45) is 3.34. The van der Waals surface area contributed by atoms with Crippen molar-refractivity contribution >= 4 is 11.8 Å². The van der Waals surface area contributed by atoms with Crippen LogP contribution in [0.2, 0.25) is 0 Å². The van der Waals surface area contributed by atoms with Crippen LogP contribution in [0.25, 0.3) is 0 Å². The Kier molecular flexibility index (Phi) is 4.83. The SMILES string of the molecule is CC(C)(C)C(=O)NCC(=O)NCc1ccncc1. The van der Waals surface area contributed by atoms with Crippen molar-refractivity contribution in [2.75, 3.05) is 6.54 Å². The molecule has 2 N–H and O–H groups in total. The summed E-state index contributed by atoms with van der Waals surface area (Å²) in [7, 11) is 0. The molecule has 1 rings (SSSR count). The Morgan fingerprint density at radius 2 is 1.78 bits per heavy atom. The Morgan fingerprint density at radius 1 is 1.17 bits per heavy atom. The largest absolute Gasteiger partial charge is 0.350 e. The lowest BCUT2D eigenvalue weighted by Crippen LogP contribution is -2.41. The molecule has 0 aliphatic heterocycles. The number of carbonyl (C=O) groups is 2. The van der Waals surface area contributed by atoms with Crippen molar-refractivity contribution in [2.45, 2.75) is 27.3 Å². The highest BCUT2D eigenvalue weighted by Crippen LogP contribution is 2.11. The van der Waals surface area contributed by atoms with Crippen molar-refractivity contribution in [3.63, 3.8) is 0 Å². The third-order valence-electron chi connectivity index (χ3n) is 2.33. The van der Waals surface area contributed by atoms with Crippen LogP contribution in [0.15, 0.2) is 24.5 Å². The minimum absolute atomic E-state index is 0.00118. The first-order valence-electron chi connectivity index (χ1n) is 5.83. The topological polar surface area (TPSA) is 71.1 Å². The zero-order valence-electron chi connectivity index (χ0n) is 11.0. The molecule has 18 heavy (non-hydrogen) atoms. The first kappa shape index (κ1) is 14.2. The molecule has 5 heteroatoms. The second-order valence-electron chi connectivity index (χ2n) is 5.06. The van der Waals surface area contributed by atoms with Gasteiger partial charge < -0.3 is 10.6 Å². The third-order valence-corrected chi connectivity index (χ3v) is 2.33. The molecule has 0 spiro atoms. The first-order valence-corrected chi connectivity index (χ1v) is 5.83. The molecule has 0 fully saturated rings. The zero-order chi connectivity index (χ0) is 13.6. The van der Waals surface area contributed by atoms with E-state index in [1.165, 1.54) is 0 Å². The molecule has 0 aliphatic rings. The minimum Gasteiger partial charge on any atom is -0.350 e. The predicted molar refractivity (Wildman–Crippen MR) is 68.5 cm³/mol. The van der Waals surface area contributed by atoms with Crippen LogP contribution in [-0.2, 0) is 16.1 Å². The molecule has 0 saturated carbocycles. The molecule has 1 heterocycles. The van der Waals surface area contributed by atoms with Crippen LogP contribution >= 0.6 is 0 Å². The van der Waals surface area contributed by atoms with E-state index in [1.807, 2.05) is 12.1 Å². The molecular formula is C13H19N3O2. The zero-order valence-corrected chi connectivity index (χ0v) is 11.0. The van der Waals surface area contributed by atoms with Crippen molar-refractivity contribution < 1.29 is 9.59 Å². The first-order chi connectivity index (χ1) is 8.39. The molecule has 0 atom stereocenters. The van der Waals surface area contributed by atoms with Crippen molar-refractivity contribution in [3.05, 3.63) is 30.1 Å². The highest BCUT2D eigenvalue weighted by atomic mass is 16.2. The summed E-state index contributed by atoms with van der Waals surface area (Å²) < 4.78 is 0. The molecule has 98 valence electrons. The van der Waals surface area contributed by atoms with E-state index >= 15 is 0 Å². The fourth-order valence-electron chi connectivity index (χ4n) is 1.19. The lowest BCUT2D eigenvalue weighted by atomic mass is 9.96. The average molecular weight is 249 g/mol. The summed E-state index contributed by atoms with van der Waals surface area (Å²) in [6, 6.07) is 3.65. The molecule has 0 saturated heterocycles. The number of hydrogen-bond donors (Lipinski definition) is 2. The molecule has 0 radical (unpaired) electrons. The van der Waals surface area contributed by atoms with Crippen molar-refractivity contribution in [1.82, 2.24) is 15.6 Å². The van der Waals surface area contributed by atoms with Gasteiger partial charge in [0.15, 0.2) is 0 Å². The monoisotopic (exact) mass is 249 g/mol. The molecule has 0 bridgehead atoms. The van der Waals surface area contributed by atoms with E-state index in [-0.39, 0.29) is 18.4 Å². The van der Waals surface area contributed by atoms with E-state index in [2.05, 4.69) is 15.6 Å². The van der Waals surface area contributed by atoms with Crippen molar-refractivity contribution in [1.29, 1.82) is 0 Å². The normalized spacial score (nSPS) is 10.8. The number of nitrogens with zero attached hydrogens (tertiary/aromatic N) is 1. The van der Waals surface area contributed by atoms with Crippen molar-refractivity contribution in [3.8, 4) is 0 Å². The third kappa shape index (κ3) is 4.95. The van der Waals surface area contributed by atoms with Gasteiger partial charge in [-0.1, -0.05) is 20.8 Å². The molecule has 2 amide bonds. The smallest absolute Gasteiger partial charge is 0.239 e. The molecular weight excluding hydrogens is 230 g/mol. The van der Waals surface area contributed by atoms with Crippen LogP contribution in [0.5, 0.6) is 0 Å². The second-order valence-corrected chi connectivity index (χ2v) is 5.06. The van der Waals surface area contributed by atoms with Crippen LogP contribution in [0.3, 0.4) is 0 Å². The van der Waals surface area contributed by atoms with Crippen LogP contribution < -0.4 is 10.6 Å². The number of hydrogen-bond acceptors (Lipinski definition) is 3. The Morgan fingerprint density at radius 3 is 2.33 bits per heavy atom. The van der Waals surface area contributed by atoms with Gasteiger partial charge in [-0.15, -0.1) is 0 Å². The Bertz CT molecular complexity index is 410. The van der Waals surface area contributed by atoms with Crippen LogP contribution in [0, 0.1) is 5.41 Å². The summed E-state index contributed by atoms with van der Waals surface area (Å²) in [4.78, 5) is 26.9. The number of amides is 2. The van der Waals surface area contributed by atoms with Gasteiger partial charge in [-0.25, -0.2) is 0 Å². The van der Waals surface area contributed by atoms with Gasteiger partial charge in [0, 0.05) is 24.4 Å². The van der Waals surface area contributed by atoms with E-state index in [1.54, 1.807) is 33.2 Å². The van der Waals surface area contributed by atoms with Crippen LogP contribution in [-0.4, -0.2) is 23.3 Å². The average Bonchev–Trinajstić information content (AvgIpc) is 2.33. The molecule has 0 unspecified atom stereocenters. The Balaban J connectivity index is 2.29. The summed E-state index contributed by atoms with van der Waals surface area (Å²) in [5, 5.41) is 5.32. The maximum Gasteiger partial charge on any atom is 0.239 e. The van der Waals surface area contributed by atoms with Crippen LogP contribution in [0.4, 0.5) is 0 Å². The van der Waals surface area contributed by atoms with E-state index in [0.29, 0.717) is 6.54 Å². The summed E-state index contributed by atoms with van der Waals surface area (Å²) in [5.74, 6) is -0.342. The maximum absolute atomic E-state index is 11.5. The summed E-state index contributed by atoms with van der Waals surface area (Å²) in [5.41, 5.74) is 0.492. The van der Waals surface area contributed by atoms with E-state index in [4.69, 9.17) is 0 Å². The van der Waals surface area contributed by atoms with Gasteiger partial charge in [0.05, 0.1) is 6.54 Å². The van der Waals surface area contributed by atoms with Gasteiger partial charge in [-0.05, 0) is 17.7 Å². The fraction of sp³-hybridized carbons (Fsp3) is 0.462. The maximum atomic E-state index is 11.5. The number of rotatable bonds is 4. The molecule has 1 aromatic heterocycles. The minimum atomic E-state index is -0.481. The lowest BCUT2D eigenvalue weighted by molar-refractivity contribution is -0.131. The highest BCUT2D eigenvalue weighted by molar-refractivity contribution is 5.87. The van der Waals surface area contributed by atoms with E-state index in [9.17, 15) is 9.59 Å². The second kappa shape index (κ2) is 6.14. The standard InChI is InChI=1S/C13H19N3O2/c1-13(2,3)12(18)16-9-11(17)15-8-10-4-6-14-7-5-10/h4-7H,8-9H2,1-3H3,(H,15,17)(H,16,18). The quantitative estimate of drug-likeness (QED) is 0.831. The van der Waals surface area contributed by atoms with Gasteiger partial charge in [0.2, 0.25) is 11.8 Å². The number of pyridine rings is 1. The van der Waals surface area contributed by atoms with Crippen molar-refractivity contribution in [2.24, 2.45) is 5.41 Å². The van der Waals surface area contributed by atoms with Gasteiger partial charge in [0.1, 0.15) is 0 Å². The molecule has 0 aliphatic carbocycles. The van der Waals surface area contributed by atoms with E-state index < -0.39 is 5.41 Å². The highest BCUT2D eigenvalue weighted by Gasteiger charge is 2.21. The van der Waals surface area contributed by atoms with Gasteiger partial charge in [-0.3, -0.25) is 14.6 Å². The molecule has 5 nitrogen and oxygen atoms in total.